The molecule has 0 radical (unpaired) electrons. The highest BCUT2D eigenvalue weighted by Crippen LogP contribution is 2.29. The summed E-state index contributed by atoms with van der Waals surface area (Å²) < 4.78 is 0. The summed E-state index contributed by atoms with van der Waals surface area (Å²) in [4.78, 5) is 9.95. The van der Waals surface area contributed by atoms with Crippen LogP contribution in [0.2, 0.25) is 5.02 Å². The van der Waals surface area contributed by atoms with Crippen molar-refractivity contribution in [1.82, 2.24) is 0 Å². The van der Waals surface area contributed by atoms with Gasteiger partial charge in [-0.15, -0.1) is 0 Å². The van der Waals surface area contributed by atoms with E-state index in [0.29, 0.717) is 23.4 Å². The molecule has 1 aromatic rings. The molecule has 1 rings (SSSR count). The standard InChI is InChI=1S/C9H11ClN2O3/c10-7-5-9(12(14)15)8(11)4-6(7)2-1-3-13/h4-5,13H,1-3,11H2. The molecule has 0 bridgehead atoms. The Balaban J connectivity index is 3.02. The zero-order chi connectivity index (χ0) is 11.4. The van der Waals surface area contributed by atoms with Gasteiger partial charge < -0.3 is 10.8 Å². The van der Waals surface area contributed by atoms with Crippen molar-refractivity contribution >= 4 is 23.0 Å². The highest BCUT2D eigenvalue weighted by Gasteiger charge is 2.14. The van der Waals surface area contributed by atoms with Gasteiger partial charge in [0.1, 0.15) is 5.69 Å². The second-order valence-electron chi connectivity index (χ2n) is 3.09. The number of nitro groups is 1. The van der Waals surface area contributed by atoms with Crippen molar-refractivity contribution in [2.24, 2.45) is 0 Å². The van der Waals surface area contributed by atoms with Gasteiger partial charge in [0.05, 0.1) is 9.95 Å². The van der Waals surface area contributed by atoms with Crippen LogP contribution in [0.3, 0.4) is 0 Å². The maximum Gasteiger partial charge on any atom is 0.293 e. The van der Waals surface area contributed by atoms with Gasteiger partial charge in [-0.25, -0.2) is 0 Å². The van der Waals surface area contributed by atoms with E-state index in [4.69, 9.17) is 22.4 Å². The molecule has 0 heterocycles. The van der Waals surface area contributed by atoms with E-state index in [9.17, 15) is 10.1 Å². The minimum atomic E-state index is -0.572. The van der Waals surface area contributed by atoms with Crippen molar-refractivity contribution in [2.75, 3.05) is 12.3 Å². The Morgan fingerprint density at radius 2 is 2.20 bits per heavy atom. The van der Waals surface area contributed by atoms with E-state index in [0.717, 1.165) is 0 Å². The number of anilines is 1. The van der Waals surface area contributed by atoms with Crippen LogP contribution in [0.1, 0.15) is 12.0 Å². The van der Waals surface area contributed by atoms with Crippen molar-refractivity contribution in [3.05, 3.63) is 32.8 Å². The second kappa shape index (κ2) is 4.95. The summed E-state index contributed by atoms with van der Waals surface area (Å²) in [7, 11) is 0. The molecule has 3 N–H and O–H groups in total. The molecule has 0 aliphatic carbocycles. The monoisotopic (exact) mass is 230 g/mol. The van der Waals surface area contributed by atoms with Crippen LogP contribution in [-0.4, -0.2) is 16.6 Å². The molecule has 0 aliphatic rings. The number of nitrogens with two attached hydrogens (primary N) is 1. The zero-order valence-electron chi connectivity index (χ0n) is 7.94. The molecule has 5 nitrogen and oxygen atoms in total. The smallest absolute Gasteiger partial charge is 0.293 e. The summed E-state index contributed by atoms with van der Waals surface area (Å²) in [6.07, 6.45) is 1.11. The van der Waals surface area contributed by atoms with Gasteiger partial charge in [-0.1, -0.05) is 11.6 Å². The SMILES string of the molecule is Nc1cc(CCCO)c(Cl)cc1[N+](=O)[O-]. The van der Waals surface area contributed by atoms with Crippen LogP contribution in [-0.2, 0) is 6.42 Å². The number of nitrogens with zero attached hydrogens (tertiary/aromatic N) is 1. The van der Waals surface area contributed by atoms with Crippen LogP contribution in [0, 0.1) is 10.1 Å². The molecule has 1 aromatic carbocycles. The van der Waals surface area contributed by atoms with Gasteiger partial charge in [-0.2, -0.15) is 0 Å². The molecule has 0 saturated heterocycles. The molecule has 0 saturated carbocycles. The number of rotatable bonds is 4. The number of hydrogen-bond acceptors (Lipinski definition) is 4. The Morgan fingerprint density at radius 1 is 1.53 bits per heavy atom. The Kier molecular flexibility index (Phi) is 3.88. The highest BCUT2D eigenvalue weighted by molar-refractivity contribution is 6.31. The van der Waals surface area contributed by atoms with E-state index in [1.54, 1.807) is 0 Å². The van der Waals surface area contributed by atoms with E-state index in [2.05, 4.69) is 0 Å². The normalized spacial score (nSPS) is 10.3. The number of halogens is 1. The number of nitro benzene ring substituents is 1. The third-order valence-electron chi connectivity index (χ3n) is 2.00. The summed E-state index contributed by atoms with van der Waals surface area (Å²) >= 11 is 5.84. The lowest BCUT2D eigenvalue weighted by molar-refractivity contribution is -0.383. The molecule has 82 valence electrons. The molecular weight excluding hydrogens is 220 g/mol. The number of benzene rings is 1. The highest BCUT2D eigenvalue weighted by atomic mass is 35.5. The fourth-order valence-electron chi connectivity index (χ4n) is 1.25. The molecule has 0 aromatic heterocycles. The predicted octanol–water partition coefficient (Wildman–Crippen LogP) is 1.76. The third-order valence-corrected chi connectivity index (χ3v) is 2.35. The summed E-state index contributed by atoms with van der Waals surface area (Å²) in [5, 5.41) is 19.5. The zero-order valence-corrected chi connectivity index (χ0v) is 8.70. The molecular formula is C9H11ClN2O3. The Hall–Kier alpha value is -1.33. The maximum atomic E-state index is 10.5. The molecule has 0 amide bonds. The minimum Gasteiger partial charge on any atom is -0.396 e. The van der Waals surface area contributed by atoms with Crippen LogP contribution in [0.25, 0.3) is 0 Å². The minimum absolute atomic E-state index is 0.0488. The van der Waals surface area contributed by atoms with Gasteiger partial charge in [-0.3, -0.25) is 10.1 Å². The lowest BCUT2D eigenvalue weighted by atomic mass is 10.1. The first-order valence-electron chi connectivity index (χ1n) is 4.39. The van der Waals surface area contributed by atoms with Gasteiger partial charge in [0.25, 0.3) is 5.69 Å². The second-order valence-corrected chi connectivity index (χ2v) is 3.49. The van der Waals surface area contributed by atoms with Crippen molar-refractivity contribution in [3.63, 3.8) is 0 Å². The van der Waals surface area contributed by atoms with Crippen LogP contribution in [0.15, 0.2) is 12.1 Å². The summed E-state index contributed by atoms with van der Waals surface area (Å²) in [6, 6.07) is 2.72. The first-order chi connectivity index (χ1) is 7.06. The van der Waals surface area contributed by atoms with Gasteiger partial charge in [-0.05, 0) is 24.5 Å². The van der Waals surface area contributed by atoms with Gasteiger partial charge in [0.2, 0.25) is 0 Å². The van der Waals surface area contributed by atoms with E-state index in [1.807, 2.05) is 0 Å². The third kappa shape index (κ3) is 2.81. The van der Waals surface area contributed by atoms with Crippen LogP contribution in [0.5, 0.6) is 0 Å². The summed E-state index contributed by atoms with van der Waals surface area (Å²) in [5.74, 6) is 0. The summed E-state index contributed by atoms with van der Waals surface area (Å²) in [6.45, 7) is 0.0488. The molecule has 15 heavy (non-hydrogen) atoms. The van der Waals surface area contributed by atoms with Gasteiger partial charge >= 0.3 is 0 Å². The van der Waals surface area contributed by atoms with Crippen molar-refractivity contribution in [1.29, 1.82) is 0 Å². The van der Waals surface area contributed by atoms with E-state index in [-0.39, 0.29) is 18.0 Å². The van der Waals surface area contributed by atoms with Gasteiger partial charge in [0.15, 0.2) is 0 Å². The predicted molar refractivity (Wildman–Crippen MR) is 57.9 cm³/mol. The molecule has 0 fully saturated rings. The van der Waals surface area contributed by atoms with Crippen LogP contribution >= 0.6 is 11.6 Å². The van der Waals surface area contributed by atoms with Crippen LogP contribution in [0.4, 0.5) is 11.4 Å². The number of nitrogen functional groups attached to an aromatic ring is 1. The van der Waals surface area contributed by atoms with E-state index < -0.39 is 4.92 Å². The average Bonchev–Trinajstić information content (AvgIpc) is 2.18. The fraction of sp³-hybridized carbons (Fsp3) is 0.333. The quantitative estimate of drug-likeness (QED) is 0.469. The fourth-order valence-corrected chi connectivity index (χ4v) is 1.50. The molecule has 0 spiro atoms. The van der Waals surface area contributed by atoms with Crippen LogP contribution < -0.4 is 5.73 Å². The average molecular weight is 231 g/mol. The van der Waals surface area contributed by atoms with E-state index in [1.165, 1.54) is 12.1 Å². The lowest BCUT2D eigenvalue weighted by Gasteiger charge is -2.05. The Bertz CT molecular complexity index is 382. The van der Waals surface area contributed by atoms with Gasteiger partial charge in [0, 0.05) is 12.7 Å². The molecule has 0 aliphatic heterocycles. The number of aliphatic hydroxyl groups excluding tert-OH is 1. The van der Waals surface area contributed by atoms with Crippen molar-refractivity contribution < 1.29 is 10.0 Å². The number of hydrogen-bond donors (Lipinski definition) is 2. The molecule has 6 heteroatoms. The Labute approximate surface area is 91.6 Å². The van der Waals surface area contributed by atoms with Crippen molar-refractivity contribution in [3.8, 4) is 0 Å². The lowest BCUT2D eigenvalue weighted by Crippen LogP contribution is -1.99. The largest absolute Gasteiger partial charge is 0.396 e. The first-order valence-corrected chi connectivity index (χ1v) is 4.77. The topological polar surface area (TPSA) is 89.4 Å². The van der Waals surface area contributed by atoms with Crippen molar-refractivity contribution in [2.45, 2.75) is 12.8 Å². The summed E-state index contributed by atoms with van der Waals surface area (Å²) in [5.41, 5.74) is 6.12. The first kappa shape index (κ1) is 11.7. The number of aliphatic hydroxyl groups is 1. The van der Waals surface area contributed by atoms with E-state index >= 15 is 0 Å². The maximum absolute atomic E-state index is 10.5. The number of aryl methyl sites for hydroxylation is 1. The molecule has 0 atom stereocenters. The Morgan fingerprint density at radius 3 is 2.73 bits per heavy atom. The molecule has 0 unspecified atom stereocenters.